The molecule has 2 aromatic carbocycles. The molecule has 0 radical (unpaired) electrons. The Morgan fingerprint density at radius 3 is 2.51 bits per heavy atom. The summed E-state index contributed by atoms with van der Waals surface area (Å²) < 4.78 is 35.1. The van der Waals surface area contributed by atoms with Gasteiger partial charge in [0.15, 0.2) is 11.6 Å². The smallest absolute Gasteiger partial charge is 0.267 e. The Balaban J connectivity index is 1.54. The summed E-state index contributed by atoms with van der Waals surface area (Å²) in [4.78, 5) is 29.8. The molecule has 1 aliphatic rings. The third-order valence-corrected chi connectivity index (χ3v) is 5.24. The lowest BCUT2D eigenvalue weighted by atomic mass is 10.2. The van der Waals surface area contributed by atoms with E-state index in [0.29, 0.717) is 11.4 Å². The Morgan fingerprint density at radius 1 is 1.08 bits per heavy atom. The van der Waals surface area contributed by atoms with E-state index >= 15 is 0 Å². The van der Waals surface area contributed by atoms with Crippen LogP contribution in [-0.4, -0.2) is 27.7 Å². The molecule has 0 atom stereocenters. The van der Waals surface area contributed by atoms with Gasteiger partial charge in [-0.3, -0.25) is 14.2 Å². The van der Waals surface area contributed by atoms with Crippen LogP contribution in [0.3, 0.4) is 0 Å². The number of benzene rings is 2. The number of rotatable bonds is 5. The largest absolute Gasteiger partial charge is 0.434 e. The molecule has 0 saturated heterocycles. The predicted octanol–water partition coefficient (Wildman–Crippen LogP) is 5.23. The van der Waals surface area contributed by atoms with E-state index in [1.165, 1.54) is 65.6 Å². The van der Waals surface area contributed by atoms with E-state index in [9.17, 15) is 18.4 Å². The molecule has 0 bridgehead atoms. The van der Waals surface area contributed by atoms with Crippen LogP contribution >= 0.6 is 0 Å². The lowest BCUT2D eigenvalue weighted by Gasteiger charge is -2.23. The first kappa shape index (κ1) is 25.2. The molecule has 3 aromatic rings. The van der Waals surface area contributed by atoms with Crippen molar-refractivity contribution >= 4 is 23.8 Å². The highest BCUT2D eigenvalue weighted by atomic mass is 19.1. The van der Waals surface area contributed by atoms with Gasteiger partial charge in [0, 0.05) is 29.8 Å². The lowest BCUT2D eigenvalue weighted by molar-refractivity contribution is 0.102. The van der Waals surface area contributed by atoms with E-state index in [2.05, 4.69) is 15.4 Å². The molecule has 0 aliphatic carbocycles. The molecule has 8 nitrogen and oxygen atoms in total. The maximum absolute atomic E-state index is 14.9. The maximum Gasteiger partial charge on any atom is 0.267 e. The van der Waals surface area contributed by atoms with Crippen LogP contribution in [-0.2, 0) is 0 Å². The highest BCUT2D eigenvalue weighted by Gasteiger charge is 2.22. The first-order valence-electron chi connectivity index (χ1n) is 11.2. The molecule has 2 heterocycles. The van der Waals surface area contributed by atoms with Crippen LogP contribution in [0.15, 0.2) is 99.2 Å². The van der Waals surface area contributed by atoms with E-state index in [4.69, 9.17) is 4.74 Å². The summed E-state index contributed by atoms with van der Waals surface area (Å²) in [6, 6.07) is 12.0. The fourth-order valence-electron chi connectivity index (χ4n) is 3.56. The monoisotopic (exact) mass is 503 g/mol. The van der Waals surface area contributed by atoms with Crippen LogP contribution in [0.25, 0.3) is 5.69 Å². The Morgan fingerprint density at radius 2 is 1.84 bits per heavy atom. The number of ether oxygens (including phenoxy) is 1. The fourth-order valence-corrected chi connectivity index (χ4v) is 3.56. The fraction of sp³-hybridized carbons (Fsp3) is 0.111. The van der Waals surface area contributed by atoms with Gasteiger partial charge in [0.1, 0.15) is 23.4 Å². The molecule has 188 valence electrons. The molecule has 0 unspecified atom stereocenters. The number of hydrazone groups is 1. The Hall–Kier alpha value is -4.86. The van der Waals surface area contributed by atoms with E-state index in [1.807, 2.05) is 20.8 Å². The van der Waals surface area contributed by atoms with Crippen LogP contribution in [0.1, 0.15) is 31.1 Å². The van der Waals surface area contributed by atoms with Gasteiger partial charge in [-0.1, -0.05) is 6.08 Å². The predicted molar refractivity (Wildman–Crippen MR) is 138 cm³/mol. The number of carbonyl (C=O) groups excluding carboxylic acids is 1. The molecule has 10 heteroatoms. The van der Waals surface area contributed by atoms with Gasteiger partial charge in [0.05, 0.1) is 0 Å². The highest BCUT2D eigenvalue weighted by Crippen LogP contribution is 2.25. The molecule has 1 aromatic heterocycles. The number of nitrogens with zero attached hydrogens (tertiary/aromatic N) is 4. The van der Waals surface area contributed by atoms with Gasteiger partial charge < -0.3 is 10.1 Å². The number of anilines is 1. The van der Waals surface area contributed by atoms with Crippen molar-refractivity contribution in [2.75, 3.05) is 5.32 Å². The van der Waals surface area contributed by atoms with E-state index < -0.39 is 23.1 Å². The van der Waals surface area contributed by atoms with Crippen molar-refractivity contribution in [3.05, 3.63) is 112 Å². The van der Waals surface area contributed by atoms with Gasteiger partial charge in [-0.15, -0.1) is 0 Å². The lowest BCUT2D eigenvalue weighted by Crippen LogP contribution is -2.28. The molecule has 1 aliphatic heterocycles. The van der Waals surface area contributed by atoms with Crippen molar-refractivity contribution in [1.29, 1.82) is 0 Å². The molecular formula is C27H23F2N5O3. The van der Waals surface area contributed by atoms with E-state index in [0.717, 1.165) is 11.6 Å². The number of aliphatic imine (C=N–C) groups is 1. The first-order chi connectivity index (χ1) is 17.8. The molecule has 0 spiro atoms. The zero-order valence-electron chi connectivity index (χ0n) is 20.3. The number of hydrogen-bond donors (Lipinski definition) is 1. The number of halogens is 2. The second-order valence-electron chi connectivity index (χ2n) is 8.12. The van der Waals surface area contributed by atoms with Crippen LogP contribution in [0.4, 0.5) is 14.5 Å². The summed E-state index contributed by atoms with van der Waals surface area (Å²) in [6.07, 6.45) is 6.28. The third kappa shape index (κ3) is 5.53. The zero-order valence-corrected chi connectivity index (χ0v) is 20.3. The SMILES string of the molecule is C/C=C\N1N=CN=C(Oc2ccc(NC(=O)c3cccn(-c4ccc(F)cc4)c3=O)cc2F)C1=C(C)C. The number of allylic oxidation sites excluding steroid dienone is 2. The standard InChI is InChI=1S/C27H23F2N5O3/c1-4-13-34-24(17(2)3)26(30-16-31-34)37-23-12-9-19(15-22(23)29)32-25(35)21-6-5-14-33(27(21)36)20-10-7-18(28)8-11-20/h4-16H,1-3H3,(H,32,35)/b13-4-. The average molecular weight is 504 g/mol. The molecule has 0 saturated carbocycles. The van der Waals surface area contributed by atoms with E-state index in [1.54, 1.807) is 17.3 Å². The van der Waals surface area contributed by atoms with Crippen molar-refractivity contribution in [3.8, 4) is 11.4 Å². The number of nitrogens with one attached hydrogen (secondary N) is 1. The molecule has 4 rings (SSSR count). The van der Waals surface area contributed by atoms with Crippen LogP contribution in [0, 0.1) is 11.6 Å². The average Bonchev–Trinajstić information content (AvgIpc) is 2.86. The molecule has 1 N–H and O–H groups in total. The van der Waals surface area contributed by atoms with Crippen molar-refractivity contribution in [2.24, 2.45) is 10.1 Å². The Kier molecular flexibility index (Phi) is 7.38. The van der Waals surface area contributed by atoms with Gasteiger partial charge in [-0.2, -0.15) is 10.1 Å². The van der Waals surface area contributed by atoms with Gasteiger partial charge in [0.25, 0.3) is 11.5 Å². The summed E-state index contributed by atoms with van der Waals surface area (Å²) in [6.45, 7) is 5.55. The van der Waals surface area contributed by atoms with Crippen LogP contribution in [0.2, 0.25) is 0 Å². The summed E-state index contributed by atoms with van der Waals surface area (Å²) in [5.41, 5.74) is 1.17. The van der Waals surface area contributed by atoms with Crippen molar-refractivity contribution < 1.29 is 18.3 Å². The minimum atomic E-state index is -0.745. The quantitative estimate of drug-likeness (QED) is 0.516. The topological polar surface area (TPSA) is 88.3 Å². The number of aromatic nitrogens is 1. The van der Waals surface area contributed by atoms with E-state index in [-0.39, 0.29) is 22.9 Å². The number of hydrogen-bond acceptors (Lipinski definition) is 6. The minimum absolute atomic E-state index is 0.107. The highest BCUT2D eigenvalue weighted by molar-refractivity contribution is 6.04. The number of carbonyl (C=O) groups is 1. The number of amides is 1. The second-order valence-corrected chi connectivity index (χ2v) is 8.12. The summed E-state index contributed by atoms with van der Waals surface area (Å²) >= 11 is 0. The molecule has 1 amide bonds. The summed E-state index contributed by atoms with van der Waals surface area (Å²) in [5.74, 6) is -1.86. The Labute approximate surface area is 211 Å². The third-order valence-electron chi connectivity index (χ3n) is 5.24. The van der Waals surface area contributed by atoms with Crippen LogP contribution < -0.4 is 15.6 Å². The number of pyridine rings is 1. The summed E-state index contributed by atoms with van der Waals surface area (Å²) in [7, 11) is 0. The van der Waals surface area contributed by atoms with Crippen molar-refractivity contribution in [3.63, 3.8) is 0 Å². The van der Waals surface area contributed by atoms with Gasteiger partial charge >= 0.3 is 0 Å². The van der Waals surface area contributed by atoms with Crippen molar-refractivity contribution in [1.82, 2.24) is 9.58 Å². The van der Waals surface area contributed by atoms with Crippen LogP contribution in [0.5, 0.6) is 5.75 Å². The molecule has 37 heavy (non-hydrogen) atoms. The normalized spacial score (nSPS) is 13.1. The zero-order chi connectivity index (χ0) is 26.5. The molecule has 0 fully saturated rings. The minimum Gasteiger partial charge on any atom is -0.434 e. The second kappa shape index (κ2) is 10.8. The summed E-state index contributed by atoms with van der Waals surface area (Å²) in [5, 5.41) is 8.25. The maximum atomic E-state index is 14.9. The van der Waals surface area contributed by atoms with Gasteiger partial charge in [-0.25, -0.2) is 13.8 Å². The van der Waals surface area contributed by atoms with Crippen molar-refractivity contribution in [2.45, 2.75) is 20.8 Å². The first-order valence-corrected chi connectivity index (χ1v) is 11.2. The Bertz CT molecular complexity index is 1520. The van der Waals surface area contributed by atoms with Gasteiger partial charge in [0.2, 0.25) is 5.90 Å². The molecular weight excluding hydrogens is 480 g/mol. The van der Waals surface area contributed by atoms with Gasteiger partial charge in [-0.05, 0) is 74.9 Å².